The Morgan fingerprint density at radius 1 is 1.27 bits per heavy atom. The van der Waals surface area contributed by atoms with Crippen LogP contribution in [0.4, 0.5) is 0 Å². The fourth-order valence-electron chi connectivity index (χ4n) is 1.36. The van der Waals surface area contributed by atoms with E-state index >= 15 is 0 Å². The van der Waals surface area contributed by atoms with Crippen LogP contribution in [0.25, 0.3) is 0 Å². The van der Waals surface area contributed by atoms with Gasteiger partial charge in [0.2, 0.25) is 5.91 Å². The molecule has 0 spiro atoms. The van der Waals surface area contributed by atoms with Crippen LogP contribution in [0.2, 0.25) is 0 Å². The van der Waals surface area contributed by atoms with Crippen molar-refractivity contribution in [3.8, 4) is 0 Å². The smallest absolute Gasteiger partial charge is 0.220 e. The van der Waals surface area contributed by atoms with Crippen molar-refractivity contribution in [2.45, 2.75) is 12.8 Å². The third kappa shape index (κ3) is 5.07. The van der Waals surface area contributed by atoms with E-state index in [2.05, 4.69) is 15.3 Å². The third-order valence-corrected chi connectivity index (χ3v) is 2.22. The molecule has 15 heavy (non-hydrogen) atoms. The van der Waals surface area contributed by atoms with Crippen molar-refractivity contribution in [3.05, 3.63) is 24.8 Å². The van der Waals surface area contributed by atoms with E-state index in [1.807, 2.05) is 0 Å². The summed E-state index contributed by atoms with van der Waals surface area (Å²) in [5.74, 6) is -0.0113. The zero-order valence-corrected chi connectivity index (χ0v) is 8.60. The molecule has 5 nitrogen and oxygen atoms in total. The van der Waals surface area contributed by atoms with Crippen LogP contribution < -0.4 is 11.1 Å². The molecule has 1 saturated heterocycles. The summed E-state index contributed by atoms with van der Waals surface area (Å²) in [6.45, 7) is 1.88. The van der Waals surface area contributed by atoms with E-state index in [0.29, 0.717) is 0 Å². The number of hydrogen-bond acceptors (Lipinski definition) is 4. The van der Waals surface area contributed by atoms with Crippen molar-refractivity contribution in [3.63, 3.8) is 0 Å². The van der Waals surface area contributed by atoms with Crippen LogP contribution in [-0.4, -0.2) is 29.0 Å². The molecule has 2 heterocycles. The minimum Gasteiger partial charge on any atom is -0.369 e. The highest BCUT2D eigenvalue weighted by molar-refractivity contribution is 5.76. The number of piperidine rings is 1. The van der Waals surface area contributed by atoms with E-state index in [0.717, 1.165) is 25.9 Å². The SMILES string of the molecule is NC(=O)C1CCNCC1.c1cncnc1. The van der Waals surface area contributed by atoms with Gasteiger partial charge in [0, 0.05) is 18.3 Å². The second-order valence-electron chi connectivity index (χ2n) is 3.33. The number of carbonyl (C=O) groups excluding carboxylic acids is 1. The maximum absolute atomic E-state index is 10.5. The monoisotopic (exact) mass is 208 g/mol. The van der Waals surface area contributed by atoms with Gasteiger partial charge in [-0.3, -0.25) is 4.79 Å². The fraction of sp³-hybridized carbons (Fsp3) is 0.500. The minimum atomic E-state index is -0.142. The number of primary amides is 1. The molecule has 0 aliphatic carbocycles. The summed E-state index contributed by atoms with van der Waals surface area (Å²) in [6.07, 6.45) is 6.70. The van der Waals surface area contributed by atoms with E-state index in [4.69, 9.17) is 5.73 Å². The third-order valence-electron chi connectivity index (χ3n) is 2.22. The van der Waals surface area contributed by atoms with Gasteiger partial charge in [0.15, 0.2) is 0 Å². The minimum absolute atomic E-state index is 0.131. The molecule has 3 N–H and O–H groups in total. The number of nitrogens with one attached hydrogen (secondary N) is 1. The molecule has 1 aliphatic heterocycles. The van der Waals surface area contributed by atoms with Crippen LogP contribution in [-0.2, 0) is 4.79 Å². The van der Waals surface area contributed by atoms with E-state index < -0.39 is 0 Å². The first-order chi connectivity index (χ1) is 7.30. The van der Waals surface area contributed by atoms with Gasteiger partial charge in [0.1, 0.15) is 6.33 Å². The molecule has 0 unspecified atom stereocenters. The quantitative estimate of drug-likeness (QED) is 0.678. The lowest BCUT2D eigenvalue weighted by molar-refractivity contribution is -0.122. The van der Waals surface area contributed by atoms with Crippen molar-refractivity contribution in [2.75, 3.05) is 13.1 Å². The Morgan fingerprint density at radius 3 is 2.13 bits per heavy atom. The van der Waals surface area contributed by atoms with Gasteiger partial charge in [0.05, 0.1) is 0 Å². The maximum atomic E-state index is 10.5. The summed E-state index contributed by atoms with van der Waals surface area (Å²) in [4.78, 5) is 17.9. The van der Waals surface area contributed by atoms with Gasteiger partial charge < -0.3 is 11.1 Å². The van der Waals surface area contributed by atoms with E-state index in [-0.39, 0.29) is 11.8 Å². The highest BCUT2D eigenvalue weighted by Crippen LogP contribution is 2.09. The summed E-state index contributed by atoms with van der Waals surface area (Å²) in [5.41, 5.74) is 5.10. The molecule has 82 valence electrons. The highest BCUT2D eigenvalue weighted by Gasteiger charge is 2.17. The predicted octanol–water partition coefficient (Wildman–Crippen LogP) is -0.0521. The molecule has 1 aromatic rings. The second kappa shape index (κ2) is 6.89. The maximum Gasteiger partial charge on any atom is 0.220 e. The van der Waals surface area contributed by atoms with Crippen LogP contribution in [0, 0.1) is 5.92 Å². The van der Waals surface area contributed by atoms with Crippen molar-refractivity contribution >= 4 is 5.91 Å². The van der Waals surface area contributed by atoms with Gasteiger partial charge in [0.25, 0.3) is 0 Å². The predicted molar refractivity (Wildman–Crippen MR) is 56.8 cm³/mol. The number of rotatable bonds is 1. The summed E-state index contributed by atoms with van der Waals surface area (Å²) < 4.78 is 0. The van der Waals surface area contributed by atoms with Crippen LogP contribution in [0.15, 0.2) is 24.8 Å². The number of aromatic nitrogens is 2. The van der Waals surface area contributed by atoms with Gasteiger partial charge in [-0.05, 0) is 32.0 Å². The lowest BCUT2D eigenvalue weighted by Crippen LogP contribution is -2.34. The molecule has 0 aromatic carbocycles. The van der Waals surface area contributed by atoms with E-state index in [1.54, 1.807) is 18.5 Å². The van der Waals surface area contributed by atoms with Crippen LogP contribution in [0.5, 0.6) is 0 Å². The molecular formula is C10H16N4O. The normalized spacial score (nSPS) is 16.3. The summed E-state index contributed by atoms with van der Waals surface area (Å²) >= 11 is 0. The van der Waals surface area contributed by atoms with E-state index in [9.17, 15) is 4.79 Å². The van der Waals surface area contributed by atoms with Gasteiger partial charge in [-0.25, -0.2) is 9.97 Å². The molecule has 2 rings (SSSR count). The van der Waals surface area contributed by atoms with E-state index in [1.165, 1.54) is 6.33 Å². The number of nitrogens with two attached hydrogens (primary N) is 1. The molecule has 0 saturated carbocycles. The van der Waals surface area contributed by atoms with Crippen LogP contribution in [0.3, 0.4) is 0 Å². The number of amides is 1. The Morgan fingerprint density at radius 2 is 1.87 bits per heavy atom. The number of nitrogens with zero attached hydrogens (tertiary/aromatic N) is 2. The Balaban J connectivity index is 0.000000162. The first-order valence-electron chi connectivity index (χ1n) is 5.00. The summed E-state index contributed by atoms with van der Waals surface area (Å²) in [5, 5.41) is 3.16. The number of carbonyl (C=O) groups is 1. The zero-order valence-electron chi connectivity index (χ0n) is 8.60. The Hall–Kier alpha value is -1.49. The first kappa shape index (κ1) is 11.6. The Labute approximate surface area is 89.1 Å². The molecule has 0 bridgehead atoms. The number of hydrogen-bond donors (Lipinski definition) is 2. The molecule has 1 fully saturated rings. The van der Waals surface area contributed by atoms with Gasteiger partial charge >= 0.3 is 0 Å². The van der Waals surface area contributed by atoms with Crippen molar-refractivity contribution in [1.29, 1.82) is 0 Å². The largest absolute Gasteiger partial charge is 0.369 e. The summed E-state index contributed by atoms with van der Waals surface area (Å²) in [6, 6.07) is 1.78. The van der Waals surface area contributed by atoms with Gasteiger partial charge in [-0.1, -0.05) is 0 Å². The summed E-state index contributed by atoms with van der Waals surface area (Å²) in [7, 11) is 0. The Kier molecular flexibility index (Phi) is 5.32. The molecule has 0 atom stereocenters. The van der Waals surface area contributed by atoms with Crippen molar-refractivity contribution in [1.82, 2.24) is 15.3 Å². The highest BCUT2D eigenvalue weighted by atomic mass is 16.1. The topological polar surface area (TPSA) is 80.9 Å². The van der Waals surface area contributed by atoms with Crippen molar-refractivity contribution < 1.29 is 4.79 Å². The molecule has 0 radical (unpaired) electrons. The zero-order chi connectivity index (χ0) is 10.9. The molecular weight excluding hydrogens is 192 g/mol. The molecule has 1 aliphatic rings. The molecule has 1 aromatic heterocycles. The lowest BCUT2D eigenvalue weighted by atomic mass is 9.98. The molecule has 5 heteroatoms. The Bertz CT molecular complexity index is 245. The standard InChI is InChI=1S/C6H12N2O.C4H4N2/c7-6(9)5-1-3-8-4-2-5;1-2-5-4-6-3-1/h5,8H,1-4H2,(H2,7,9);1-4H. The van der Waals surface area contributed by atoms with Crippen LogP contribution in [0.1, 0.15) is 12.8 Å². The second-order valence-corrected chi connectivity index (χ2v) is 3.33. The van der Waals surface area contributed by atoms with Crippen molar-refractivity contribution in [2.24, 2.45) is 11.7 Å². The molecule has 1 amide bonds. The van der Waals surface area contributed by atoms with Gasteiger partial charge in [-0.15, -0.1) is 0 Å². The average molecular weight is 208 g/mol. The fourth-order valence-corrected chi connectivity index (χ4v) is 1.36. The van der Waals surface area contributed by atoms with Gasteiger partial charge in [-0.2, -0.15) is 0 Å². The van der Waals surface area contributed by atoms with Crippen LogP contribution >= 0.6 is 0 Å². The first-order valence-corrected chi connectivity index (χ1v) is 5.00. The lowest BCUT2D eigenvalue weighted by Gasteiger charge is -2.18. The average Bonchev–Trinajstić information content (AvgIpc) is 2.33.